The normalized spacial score (nSPS) is 21.3. The Kier molecular flexibility index (Phi) is 9.03. The molecule has 0 bridgehead atoms. The quantitative estimate of drug-likeness (QED) is 0.141. The Balaban J connectivity index is 1.15. The van der Waals surface area contributed by atoms with E-state index in [1.807, 2.05) is 0 Å². The first kappa shape index (κ1) is 25.0. The van der Waals surface area contributed by atoms with E-state index >= 15 is 0 Å². The van der Waals surface area contributed by atoms with Crippen LogP contribution < -0.4 is 16.4 Å². The van der Waals surface area contributed by atoms with Crippen LogP contribution in [0.5, 0.6) is 0 Å². The molecule has 14 heteroatoms. The summed E-state index contributed by atoms with van der Waals surface area (Å²) in [4.78, 5) is 32.1. The fraction of sp³-hybridized carbons (Fsp3) is 0.591. The molecule has 1 fully saturated rings. The maximum atomic E-state index is 12.1. The molecular formula is C22H34N9O4P. The van der Waals surface area contributed by atoms with Gasteiger partial charge in [0, 0.05) is 47.2 Å². The smallest absolute Gasteiger partial charge is 0.237 e. The summed E-state index contributed by atoms with van der Waals surface area (Å²) in [7, 11) is -0.399. The lowest BCUT2D eigenvalue weighted by Gasteiger charge is -2.14. The van der Waals surface area contributed by atoms with Crippen molar-refractivity contribution < 1.29 is 19.2 Å². The van der Waals surface area contributed by atoms with Crippen molar-refractivity contribution in [2.75, 3.05) is 25.0 Å². The SMILES string of the molecule is [3H]POCC1OC(n2cnc3c(NCCCCCCNC(=O)C(N)Cc4cnc[nH]4)ncnc32)CC1O. The molecule has 36 heavy (non-hydrogen) atoms. The molecule has 1 aliphatic rings. The zero-order valence-corrected chi connectivity index (χ0v) is 21.0. The number of aromatic nitrogens is 6. The van der Waals surface area contributed by atoms with Crippen molar-refractivity contribution in [3.05, 3.63) is 30.9 Å². The lowest BCUT2D eigenvalue weighted by atomic mass is 10.1. The number of hydrogen-bond donors (Lipinski definition) is 5. The van der Waals surface area contributed by atoms with Gasteiger partial charge in [0.1, 0.15) is 18.7 Å². The number of aliphatic hydroxyl groups is 1. The van der Waals surface area contributed by atoms with Crippen molar-refractivity contribution in [2.45, 2.75) is 63.0 Å². The number of H-pyrrole nitrogens is 1. The van der Waals surface area contributed by atoms with Gasteiger partial charge in [0.2, 0.25) is 5.91 Å². The highest BCUT2D eigenvalue weighted by Gasteiger charge is 2.35. The molecule has 1 aliphatic heterocycles. The summed E-state index contributed by atoms with van der Waals surface area (Å²) in [6.07, 6.45) is 9.44. The molecule has 196 valence electrons. The van der Waals surface area contributed by atoms with E-state index in [2.05, 4.69) is 35.6 Å². The number of nitrogens with zero attached hydrogens (tertiary/aromatic N) is 5. The fourth-order valence-electron chi connectivity index (χ4n) is 4.19. The Labute approximate surface area is 212 Å². The summed E-state index contributed by atoms with van der Waals surface area (Å²) < 4.78 is 19.9. The molecule has 0 saturated carbocycles. The van der Waals surface area contributed by atoms with Gasteiger partial charge in [0.25, 0.3) is 0 Å². The van der Waals surface area contributed by atoms with E-state index in [0.29, 0.717) is 36.4 Å². The third kappa shape index (κ3) is 6.74. The number of aromatic amines is 1. The second-order valence-corrected chi connectivity index (χ2v) is 9.10. The van der Waals surface area contributed by atoms with E-state index in [-0.39, 0.29) is 12.5 Å². The Morgan fingerprint density at radius 3 is 3.03 bits per heavy atom. The van der Waals surface area contributed by atoms with Gasteiger partial charge in [0.05, 0.1) is 32.7 Å². The van der Waals surface area contributed by atoms with Gasteiger partial charge in [-0.25, -0.2) is 19.9 Å². The van der Waals surface area contributed by atoms with Gasteiger partial charge in [-0.1, -0.05) is 12.8 Å². The predicted octanol–water partition coefficient (Wildman–Crippen LogP) is 0.663. The third-order valence-corrected chi connectivity index (χ3v) is 6.31. The van der Waals surface area contributed by atoms with Gasteiger partial charge in [0.15, 0.2) is 17.0 Å². The summed E-state index contributed by atoms with van der Waals surface area (Å²) in [6, 6.07) is -0.590. The lowest BCUT2D eigenvalue weighted by molar-refractivity contribution is -0.122. The highest BCUT2D eigenvalue weighted by molar-refractivity contribution is 7.09. The molecule has 5 atom stereocenters. The van der Waals surface area contributed by atoms with Crippen LogP contribution in [0.25, 0.3) is 11.2 Å². The van der Waals surface area contributed by atoms with Crippen LogP contribution in [0.3, 0.4) is 0 Å². The van der Waals surface area contributed by atoms with Crippen LogP contribution in [-0.4, -0.2) is 79.7 Å². The second kappa shape index (κ2) is 13.0. The Morgan fingerprint density at radius 1 is 1.36 bits per heavy atom. The number of fused-ring (bicyclic) bond motifs is 1. The molecule has 1 amide bonds. The van der Waals surface area contributed by atoms with E-state index in [4.69, 9.17) is 16.3 Å². The monoisotopic (exact) mass is 521 g/mol. The van der Waals surface area contributed by atoms with Crippen molar-refractivity contribution in [1.29, 1.82) is 1.28 Å². The van der Waals surface area contributed by atoms with E-state index in [1.165, 1.54) is 6.33 Å². The molecule has 13 nitrogen and oxygen atoms in total. The van der Waals surface area contributed by atoms with Crippen LogP contribution in [0.1, 0.15) is 44.0 Å². The van der Waals surface area contributed by atoms with Crippen LogP contribution in [0.4, 0.5) is 5.82 Å². The number of unbranched alkanes of at least 4 members (excludes halogenated alkanes) is 3. The first-order valence-electron chi connectivity index (χ1n) is 12.6. The van der Waals surface area contributed by atoms with Gasteiger partial charge >= 0.3 is 0 Å². The van der Waals surface area contributed by atoms with Gasteiger partial charge in [-0.3, -0.25) is 9.36 Å². The van der Waals surface area contributed by atoms with Crippen LogP contribution >= 0.6 is 9.41 Å². The molecule has 5 unspecified atom stereocenters. The zero-order valence-electron chi connectivity index (χ0n) is 21.0. The summed E-state index contributed by atoms with van der Waals surface area (Å²) in [5, 5.41) is 16.5. The third-order valence-electron chi connectivity index (χ3n) is 6.15. The molecule has 0 aliphatic carbocycles. The number of rotatable bonds is 15. The number of imidazole rings is 2. The Morgan fingerprint density at radius 2 is 2.22 bits per heavy atom. The summed E-state index contributed by atoms with van der Waals surface area (Å²) in [5.41, 5.74) is 8.04. The zero-order chi connectivity index (χ0) is 26.0. The standard InChI is InChI=1S/C22H34N9O4P/c23-15(7-14-9-24-11-27-14)22(33)26-6-4-2-1-3-5-25-20-19-21(29-12-28-20)31(13-30-19)18-8-16(32)17(35-18)10-34-36/h9,11-13,15-18,32H,1-8,10,23,36H2,(H,24,27)(H,26,33)(H,25,28,29)/i36T. The molecule has 4 heterocycles. The van der Waals surface area contributed by atoms with Crippen LogP contribution in [0.15, 0.2) is 25.2 Å². The molecule has 3 aromatic heterocycles. The average molecular weight is 522 g/mol. The van der Waals surface area contributed by atoms with Crippen LogP contribution in [0, 0.1) is 0 Å². The van der Waals surface area contributed by atoms with Crippen LogP contribution in [0.2, 0.25) is 0 Å². The number of nitrogens with two attached hydrogens (primary N) is 1. The number of amides is 1. The van der Waals surface area contributed by atoms with Crippen molar-refractivity contribution in [3.8, 4) is 0 Å². The molecular weight excluding hydrogens is 485 g/mol. The number of hydrogen-bond acceptors (Lipinski definition) is 10. The summed E-state index contributed by atoms with van der Waals surface area (Å²) in [6.45, 7) is 1.51. The van der Waals surface area contributed by atoms with Crippen molar-refractivity contribution in [3.63, 3.8) is 0 Å². The van der Waals surface area contributed by atoms with Gasteiger partial charge in [-0.05, 0) is 12.8 Å². The minimum absolute atomic E-state index is 0.155. The minimum atomic E-state index is -0.676. The minimum Gasteiger partial charge on any atom is -0.390 e. The topological polar surface area (TPSA) is 178 Å². The van der Waals surface area contributed by atoms with E-state index < -0.39 is 33.9 Å². The van der Waals surface area contributed by atoms with E-state index in [9.17, 15) is 9.90 Å². The molecule has 6 N–H and O–H groups in total. The molecule has 0 radical (unpaired) electrons. The summed E-state index contributed by atoms with van der Waals surface area (Å²) >= 11 is 0. The number of aliphatic hydroxyl groups excluding tert-OH is 1. The van der Waals surface area contributed by atoms with Gasteiger partial charge < -0.3 is 35.7 Å². The van der Waals surface area contributed by atoms with Crippen molar-refractivity contribution in [2.24, 2.45) is 5.73 Å². The average Bonchev–Trinajstić information content (AvgIpc) is 3.64. The Bertz CT molecular complexity index is 1120. The van der Waals surface area contributed by atoms with E-state index in [1.54, 1.807) is 23.4 Å². The Hall–Kier alpha value is -2.70. The van der Waals surface area contributed by atoms with Crippen molar-refractivity contribution >= 4 is 32.3 Å². The molecule has 1 saturated heterocycles. The molecule has 0 spiro atoms. The highest BCUT2D eigenvalue weighted by Crippen LogP contribution is 2.32. The number of carbonyl (C=O) groups is 1. The lowest BCUT2D eigenvalue weighted by Crippen LogP contribution is -2.42. The second-order valence-electron chi connectivity index (χ2n) is 8.81. The van der Waals surface area contributed by atoms with Crippen LogP contribution in [-0.2, 0) is 20.5 Å². The first-order chi connectivity index (χ1) is 18.1. The van der Waals surface area contributed by atoms with Crippen molar-refractivity contribution in [1.82, 2.24) is 34.8 Å². The predicted molar refractivity (Wildman–Crippen MR) is 136 cm³/mol. The first-order valence-corrected chi connectivity index (χ1v) is 12.5. The highest BCUT2D eigenvalue weighted by atomic mass is 31.0. The number of ether oxygens (including phenoxy) is 1. The fourth-order valence-corrected chi connectivity index (χ4v) is 4.35. The number of carbonyl (C=O) groups excluding carboxylic acids is 1. The molecule has 3 aromatic rings. The number of nitrogens with one attached hydrogen (secondary N) is 3. The van der Waals surface area contributed by atoms with E-state index in [0.717, 1.165) is 37.9 Å². The maximum absolute atomic E-state index is 12.1. The summed E-state index contributed by atoms with van der Waals surface area (Å²) in [5.74, 6) is 0.495. The number of anilines is 1. The molecule has 4 rings (SSSR count). The van der Waals surface area contributed by atoms with Gasteiger partial charge in [-0.2, -0.15) is 0 Å². The molecule has 0 aromatic carbocycles. The largest absolute Gasteiger partial charge is 0.390 e. The maximum Gasteiger partial charge on any atom is 0.237 e. The van der Waals surface area contributed by atoms with Gasteiger partial charge in [-0.15, -0.1) is 0 Å².